The van der Waals surface area contributed by atoms with Crippen molar-refractivity contribution >= 4 is 11.6 Å². The average Bonchev–Trinajstić information content (AvgIpc) is 3.20. The number of aromatic nitrogens is 3. The van der Waals surface area contributed by atoms with E-state index in [1.54, 1.807) is 0 Å². The Morgan fingerprint density at radius 1 is 0.606 bits per heavy atom. The maximum absolute atomic E-state index is 6.46. The van der Waals surface area contributed by atoms with Crippen molar-refractivity contribution in [2.75, 3.05) is 5.01 Å². The highest BCUT2D eigenvalue weighted by Gasteiger charge is 2.46. The number of nitrogens with zero attached hydrogens (tertiary/aromatic N) is 4. The zero-order valence-corrected chi connectivity index (χ0v) is 17.8. The number of hydrazine groups is 1. The van der Waals surface area contributed by atoms with E-state index < -0.39 is 5.41 Å². The second kappa shape index (κ2) is 7.65. The van der Waals surface area contributed by atoms with Crippen molar-refractivity contribution in [3.8, 4) is 11.1 Å². The smallest absolute Gasteiger partial charge is 0.246 e. The van der Waals surface area contributed by atoms with Crippen molar-refractivity contribution < 1.29 is 0 Å². The molecule has 0 bridgehead atoms. The highest BCUT2D eigenvalue weighted by atomic mass is 15.5. The molecule has 5 nitrogen and oxygen atoms in total. The summed E-state index contributed by atoms with van der Waals surface area (Å²) in [5.41, 5.74) is 7.64. The van der Waals surface area contributed by atoms with E-state index in [1.807, 2.05) is 6.07 Å². The van der Waals surface area contributed by atoms with Crippen LogP contribution >= 0.6 is 0 Å². The van der Waals surface area contributed by atoms with Crippen LogP contribution in [-0.4, -0.2) is 15.0 Å². The molecule has 0 radical (unpaired) electrons. The molecule has 0 amide bonds. The molecule has 0 saturated heterocycles. The molecule has 5 aromatic rings. The zero-order valence-electron chi connectivity index (χ0n) is 17.8. The minimum Gasteiger partial charge on any atom is -0.246 e. The van der Waals surface area contributed by atoms with Gasteiger partial charge >= 0.3 is 0 Å². The van der Waals surface area contributed by atoms with E-state index in [2.05, 4.69) is 112 Å². The molecule has 1 aliphatic rings. The summed E-state index contributed by atoms with van der Waals surface area (Å²) in [5.74, 6) is 6.86. The van der Waals surface area contributed by atoms with E-state index in [0.29, 0.717) is 5.95 Å². The first-order chi connectivity index (χ1) is 16.3. The van der Waals surface area contributed by atoms with Crippen LogP contribution in [0.3, 0.4) is 0 Å². The second-order valence-electron chi connectivity index (χ2n) is 8.07. The van der Waals surface area contributed by atoms with Crippen LogP contribution in [0.15, 0.2) is 116 Å². The average molecular weight is 428 g/mol. The lowest BCUT2D eigenvalue weighted by Crippen LogP contribution is -2.30. The number of anilines is 2. The van der Waals surface area contributed by atoms with Crippen LogP contribution in [0.5, 0.6) is 0 Å². The van der Waals surface area contributed by atoms with Gasteiger partial charge in [-0.05, 0) is 45.5 Å². The first-order valence-corrected chi connectivity index (χ1v) is 10.8. The van der Waals surface area contributed by atoms with Gasteiger partial charge in [-0.3, -0.25) is 0 Å². The first-order valence-electron chi connectivity index (χ1n) is 10.8. The molecule has 6 rings (SSSR count). The minimum absolute atomic E-state index is 0.394. The van der Waals surface area contributed by atoms with E-state index >= 15 is 0 Å². The van der Waals surface area contributed by atoms with Gasteiger partial charge in [0.15, 0.2) is 0 Å². The van der Waals surface area contributed by atoms with Crippen molar-refractivity contribution in [2.45, 2.75) is 5.41 Å². The molecule has 4 aromatic carbocycles. The quantitative estimate of drug-likeness (QED) is 0.308. The topological polar surface area (TPSA) is 67.9 Å². The van der Waals surface area contributed by atoms with E-state index in [4.69, 9.17) is 5.84 Å². The van der Waals surface area contributed by atoms with E-state index in [0.717, 1.165) is 5.69 Å². The lowest BCUT2D eigenvalue weighted by Gasteiger charge is -2.34. The van der Waals surface area contributed by atoms with Gasteiger partial charge in [-0.1, -0.05) is 91.0 Å². The third-order valence-electron chi connectivity index (χ3n) is 6.42. The SMILES string of the molecule is NN(c1ccc2c(c1)C(c1ccccc1)(c1ccccc1)c1ccccc1-2)c1ncncn1. The Morgan fingerprint density at radius 2 is 1.18 bits per heavy atom. The predicted octanol–water partition coefficient (Wildman–Crippen LogP) is 5.25. The summed E-state index contributed by atoms with van der Waals surface area (Å²) >= 11 is 0. The number of nitrogens with two attached hydrogens (primary N) is 1. The molecule has 33 heavy (non-hydrogen) atoms. The maximum Gasteiger partial charge on any atom is 0.247 e. The monoisotopic (exact) mass is 427 g/mol. The van der Waals surface area contributed by atoms with Crippen molar-refractivity contribution in [3.63, 3.8) is 0 Å². The number of fused-ring (bicyclic) bond motifs is 3. The van der Waals surface area contributed by atoms with Gasteiger partial charge in [0.2, 0.25) is 5.95 Å². The number of benzene rings is 4. The highest BCUT2D eigenvalue weighted by molar-refractivity contribution is 5.87. The third-order valence-corrected chi connectivity index (χ3v) is 6.42. The normalized spacial score (nSPS) is 13.2. The lowest BCUT2D eigenvalue weighted by atomic mass is 9.67. The van der Waals surface area contributed by atoms with Crippen LogP contribution in [0.25, 0.3) is 11.1 Å². The fourth-order valence-electron chi connectivity index (χ4n) is 5.06. The molecule has 0 unspecified atom stereocenters. The molecule has 0 aliphatic heterocycles. The lowest BCUT2D eigenvalue weighted by molar-refractivity contribution is 0.767. The maximum atomic E-state index is 6.46. The van der Waals surface area contributed by atoms with Crippen LogP contribution in [-0.2, 0) is 5.41 Å². The molecule has 0 saturated carbocycles. The first kappa shape index (κ1) is 19.3. The second-order valence-corrected chi connectivity index (χ2v) is 8.07. The minimum atomic E-state index is -0.468. The van der Waals surface area contributed by atoms with Crippen LogP contribution in [0.1, 0.15) is 22.3 Å². The summed E-state index contributed by atoms with van der Waals surface area (Å²) in [6, 6.07) is 36.3. The summed E-state index contributed by atoms with van der Waals surface area (Å²) in [6.45, 7) is 0. The van der Waals surface area contributed by atoms with Gasteiger partial charge in [-0.2, -0.15) is 9.97 Å². The molecule has 0 fully saturated rings. The van der Waals surface area contributed by atoms with Crippen LogP contribution < -0.4 is 10.9 Å². The summed E-state index contributed by atoms with van der Waals surface area (Å²) < 4.78 is 0. The van der Waals surface area contributed by atoms with Crippen LogP contribution in [0, 0.1) is 0 Å². The molecule has 0 spiro atoms. The van der Waals surface area contributed by atoms with Gasteiger partial charge in [0.25, 0.3) is 0 Å². The Hall–Kier alpha value is -4.35. The van der Waals surface area contributed by atoms with E-state index in [1.165, 1.54) is 51.0 Å². The van der Waals surface area contributed by atoms with Gasteiger partial charge in [-0.25, -0.2) is 15.8 Å². The van der Waals surface area contributed by atoms with Crippen molar-refractivity contribution in [1.29, 1.82) is 0 Å². The van der Waals surface area contributed by atoms with E-state index in [9.17, 15) is 0 Å². The Labute approximate surface area is 192 Å². The van der Waals surface area contributed by atoms with Crippen LogP contribution in [0.2, 0.25) is 0 Å². The van der Waals surface area contributed by atoms with Gasteiger partial charge in [-0.15, -0.1) is 0 Å². The molecule has 0 atom stereocenters. The summed E-state index contributed by atoms with van der Waals surface area (Å²) in [6.07, 6.45) is 2.90. The van der Waals surface area contributed by atoms with Crippen molar-refractivity contribution in [3.05, 3.63) is 138 Å². The molecular weight excluding hydrogens is 406 g/mol. The third kappa shape index (κ3) is 2.87. The predicted molar refractivity (Wildman–Crippen MR) is 130 cm³/mol. The van der Waals surface area contributed by atoms with Gasteiger partial charge in [0.1, 0.15) is 12.7 Å². The molecule has 1 aromatic heterocycles. The fourth-order valence-corrected chi connectivity index (χ4v) is 5.06. The zero-order chi connectivity index (χ0) is 22.3. The molecular formula is C28H21N5. The van der Waals surface area contributed by atoms with Gasteiger partial charge < -0.3 is 0 Å². The summed E-state index contributed by atoms with van der Waals surface area (Å²) in [7, 11) is 0. The van der Waals surface area contributed by atoms with E-state index in [-0.39, 0.29) is 0 Å². The molecule has 2 N–H and O–H groups in total. The number of rotatable bonds is 4. The summed E-state index contributed by atoms with van der Waals surface area (Å²) in [4.78, 5) is 12.3. The Bertz CT molecular complexity index is 1380. The molecule has 1 aliphatic carbocycles. The summed E-state index contributed by atoms with van der Waals surface area (Å²) in [5, 5.41) is 1.51. The Balaban J connectivity index is 1.67. The molecule has 1 heterocycles. The van der Waals surface area contributed by atoms with Crippen LogP contribution in [0.4, 0.5) is 11.6 Å². The fraction of sp³-hybridized carbons (Fsp3) is 0.0357. The van der Waals surface area contributed by atoms with Gasteiger partial charge in [0.05, 0.1) is 11.1 Å². The van der Waals surface area contributed by atoms with Crippen molar-refractivity contribution in [1.82, 2.24) is 15.0 Å². The molecule has 158 valence electrons. The standard InChI is InChI=1S/C28H21N5/c29-33(27-31-18-30-19-32-27)22-15-16-24-23-13-7-8-14-25(23)28(26(24)17-22,20-9-3-1-4-10-20)21-11-5-2-6-12-21/h1-19H,29H2. The largest absolute Gasteiger partial charge is 0.247 e. The van der Waals surface area contributed by atoms with Gasteiger partial charge in [0, 0.05) is 0 Å². The molecule has 5 heteroatoms. The number of hydrogen-bond donors (Lipinski definition) is 1. The van der Waals surface area contributed by atoms with Crippen molar-refractivity contribution in [2.24, 2.45) is 5.84 Å². The highest BCUT2D eigenvalue weighted by Crippen LogP contribution is 2.56. The Morgan fingerprint density at radius 3 is 1.85 bits per heavy atom. The Kier molecular flexibility index (Phi) is 4.49. The number of hydrogen-bond acceptors (Lipinski definition) is 5.